The predicted octanol–water partition coefficient (Wildman–Crippen LogP) is 2.76. The normalized spacial score (nSPS) is 16.5. The summed E-state index contributed by atoms with van der Waals surface area (Å²) in [5.74, 6) is -1.70. The van der Waals surface area contributed by atoms with Crippen LogP contribution in [-0.2, 0) is 9.59 Å². The van der Waals surface area contributed by atoms with Gasteiger partial charge in [-0.25, -0.2) is 4.39 Å². The smallest absolute Gasteiger partial charge is 0.254 e. The third-order valence-electron chi connectivity index (χ3n) is 4.54. The number of piperazine rings is 1. The first kappa shape index (κ1) is 19.8. The van der Waals surface area contributed by atoms with Gasteiger partial charge in [-0.05, 0) is 48.9 Å². The Morgan fingerprint density at radius 2 is 1.96 bits per heavy atom. The van der Waals surface area contributed by atoms with Crippen LogP contribution in [0.4, 0.5) is 10.1 Å². The van der Waals surface area contributed by atoms with Crippen molar-refractivity contribution in [3.63, 3.8) is 0 Å². The van der Waals surface area contributed by atoms with Crippen LogP contribution in [0.5, 0.6) is 0 Å². The van der Waals surface area contributed by atoms with Crippen molar-refractivity contribution in [2.24, 2.45) is 0 Å². The molecule has 1 aliphatic rings. The molecule has 1 fully saturated rings. The molecule has 1 aliphatic heterocycles. The fourth-order valence-corrected chi connectivity index (χ4v) is 3.20. The zero-order chi connectivity index (χ0) is 20.3. The molecule has 8 heteroatoms. The third kappa shape index (κ3) is 4.48. The van der Waals surface area contributed by atoms with Gasteiger partial charge in [-0.15, -0.1) is 0 Å². The topological polar surface area (TPSA) is 78.5 Å². The summed E-state index contributed by atoms with van der Waals surface area (Å²) < 4.78 is 13.1. The monoisotopic (exact) mass is 403 g/mol. The number of hydrogen-bond donors (Lipinski definition) is 2. The summed E-state index contributed by atoms with van der Waals surface area (Å²) in [6, 6.07) is 9.23. The minimum atomic E-state index is -0.953. The lowest BCUT2D eigenvalue weighted by Gasteiger charge is -2.34. The molecule has 146 valence electrons. The van der Waals surface area contributed by atoms with Crippen LogP contribution >= 0.6 is 11.6 Å². The number of carbonyl (C=O) groups is 3. The number of nitrogens with zero attached hydrogens (tertiary/aromatic N) is 1. The molecule has 3 rings (SSSR count). The molecule has 0 radical (unpaired) electrons. The van der Waals surface area contributed by atoms with Gasteiger partial charge in [-0.1, -0.05) is 17.7 Å². The van der Waals surface area contributed by atoms with Crippen LogP contribution in [0.1, 0.15) is 22.3 Å². The van der Waals surface area contributed by atoms with Crippen LogP contribution in [0.2, 0.25) is 5.02 Å². The second-order valence-electron chi connectivity index (χ2n) is 6.52. The summed E-state index contributed by atoms with van der Waals surface area (Å²) in [7, 11) is 0. The largest absolute Gasteiger partial charge is 0.353 e. The van der Waals surface area contributed by atoms with Gasteiger partial charge in [0, 0.05) is 29.4 Å². The van der Waals surface area contributed by atoms with Crippen LogP contribution < -0.4 is 10.6 Å². The van der Waals surface area contributed by atoms with Gasteiger partial charge >= 0.3 is 0 Å². The van der Waals surface area contributed by atoms with Crippen molar-refractivity contribution in [3.8, 4) is 0 Å². The Morgan fingerprint density at radius 1 is 1.25 bits per heavy atom. The average molecular weight is 404 g/mol. The Morgan fingerprint density at radius 3 is 2.68 bits per heavy atom. The summed E-state index contributed by atoms with van der Waals surface area (Å²) in [4.78, 5) is 39.0. The highest BCUT2D eigenvalue weighted by Gasteiger charge is 2.35. The van der Waals surface area contributed by atoms with Gasteiger partial charge in [-0.3, -0.25) is 14.4 Å². The highest BCUT2D eigenvalue weighted by molar-refractivity contribution is 6.31. The third-order valence-corrected chi connectivity index (χ3v) is 4.77. The summed E-state index contributed by atoms with van der Waals surface area (Å²) in [5, 5.41) is 5.88. The highest BCUT2D eigenvalue weighted by Crippen LogP contribution is 2.21. The first-order valence-corrected chi connectivity index (χ1v) is 9.13. The number of anilines is 1. The van der Waals surface area contributed by atoms with Gasteiger partial charge in [-0.2, -0.15) is 0 Å². The maximum Gasteiger partial charge on any atom is 0.254 e. The van der Waals surface area contributed by atoms with E-state index in [9.17, 15) is 18.8 Å². The van der Waals surface area contributed by atoms with E-state index in [1.165, 1.54) is 29.2 Å². The van der Waals surface area contributed by atoms with Gasteiger partial charge in [0.1, 0.15) is 11.9 Å². The van der Waals surface area contributed by atoms with Crippen LogP contribution in [-0.4, -0.2) is 41.8 Å². The van der Waals surface area contributed by atoms with E-state index in [1.807, 2.05) is 6.92 Å². The van der Waals surface area contributed by atoms with Crippen LogP contribution in [0, 0.1) is 12.7 Å². The Balaban J connectivity index is 1.76. The first-order chi connectivity index (χ1) is 13.3. The number of carbonyl (C=O) groups excluding carboxylic acids is 3. The molecule has 3 amide bonds. The van der Waals surface area contributed by atoms with E-state index in [-0.39, 0.29) is 25.1 Å². The molecule has 28 heavy (non-hydrogen) atoms. The molecule has 0 spiro atoms. The van der Waals surface area contributed by atoms with E-state index < -0.39 is 29.6 Å². The van der Waals surface area contributed by atoms with E-state index in [2.05, 4.69) is 10.6 Å². The van der Waals surface area contributed by atoms with E-state index in [0.717, 1.165) is 5.56 Å². The molecule has 2 aromatic rings. The quantitative estimate of drug-likeness (QED) is 0.824. The van der Waals surface area contributed by atoms with Gasteiger partial charge in [0.15, 0.2) is 0 Å². The number of hydrogen-bond acceptors (Lipinski definition) is 3. The summed E-state index contributed by atoms with van der Waals surface area (Å²) >= 11 is 5.96. The Hall–Kier alpha value is -2.93. The van der Waals surface area contributed by atoms with Crippen LogP contribution in [0.3, 0.4) is 0 Å². The maximum absolute atomic E-state index is 13.1. The maximum atomic E-state index is 13.1. The molecule has 1 atom stereocenters. The lowest BCUT2D eigenvalue weighted by molar-refractivity contribution is -0.131. The van der Waals surface area contributed by atoms with E-state index >= 15 is 0 Å². The summed E-state index contributed by atoms with van der Waals surface area (Å²) in [6.45, 7) is 2.37. The molecule has 0 aliphatic carbocycles. The van der Waals surface area contributed by atoms with Crippen LogP contribution in [0.25, 0.3) is 0 Å². The second kappa shape index (κ2) is 8.39. The first-order valence-electron chi connectivity index (χ1n) is 8.75. The molecule has 1 heterocycles. The summed E-state index contributed by atoms with van der Waals surface area (Å²) in [5.41, 5.74) is 1.63. The van der Waals surface area contributed by atoms with Gasteiger partial charge in [0.25, 0.3) is 5.91 Å². The van der Waals surface area contributed by atoms with Crippen molar-refractivity contribution < 1.29 is 18.8 Å². The fraction of sp³-hybridized carbons (Fsp3) is 0.250. The van der Waals surface area contributed by atoms with E-state index in [0.29, 0.717) is 10.7 Å². The number of halogens is 2. The molecular weight excluding hydrogens is 385 g/mol. The van der Waals surface area contributed by atoms with E-state index in [1.54, 1.807) is 18.2 Å². The minimum absolute atomic E-state index is 0.204. The average Bonchev–Trinajstić information content (AvgIpc) is 2.66. The molecule has 0 bridgehead atoms. The standard InChI is InChI=1S/C20H19ClFN3O3/c1-12-2-5-14(21)10-16(12)24-18(26)11-17-19(27)23-8-9-25(17)20(28)13-3-6-15(22)7-4-13/h2-7,10,17H,8-9,11H2,1H3,(H,23,27)(H,24,26)/t17-/m0/s1. The molecule has 2 N–H and O–H groups in total. The molecule has 0 unspecified atom stereocenters. The number of aryl methyl sites for hydroxylation is 1. The number of nitrogens with one attached hydrogen (secondary N) is 2. The molecular formula is C20H19ClFN3O3. The van der Waals surface area contributed by atoms with Crippen molar-refractivity contribution in [1.29, 1.82) is 0 Å². The Bertz CT molecular complexity index is 917. The molecule has 0 saturated carbocycles. The highest BCUT2D eigenvalue weighted by atomic mass is 35.5. The molecule has 1 saturated heterocycles. The predicted molar refractivity (Wildman–Crippen MR) is 104 cm³/mol. The van der Waals surface area contributed by atoms with Gasteiger partial charge in [0.2, 0.25) is 11.8 Å². The van der Waals surface area contributed by atoms with E-state index in [4.69, 9.17) is 11.6 Å². The summed E-state index contributed by atoms with van der Waals surface area (Å²) in [6.07, 6.45) is -0.204. The lowest BCUT2D eigenvalue weighted by Crippen LogP contribution is -2.58. The number of amides is 3. The van der Waals surface area contributed by atoms with Gasteiger partial charge < -0.3 is 15.5 Å². The molecule has 6 nitrogen and oxygen atoms in total. The lowest BCUT2D eigenvalue weighted by atomic mass is 10.1. The Kier molecular flexibility index (Phi) is 5.94. The van der Waals surface area contributed by atoms with Crippen molar-refractivity contribution in [3.05, 3.63) is 64.4 Å². The van der Waals surface area contributed by atoms with Crippen molar-refractivity contribution in [1.82, 2.24) is 10.2 Å². The van der Waals surface area contributed by atoms with Gasteiger partial charge in [0.05, 0.1) is 6.42 Å². The minimum Gasteiger partial charge on any atom is -0.353 e. The second-order valence-corrected chi connectivity index (χ2v) is 6.96. The van der Waals surface area contributed by atoms with Crippen molar-refractivity contribution in [2.45, 2.75) is 19.4 Å². The number of benzene rings is 2. The molecule has 0 aromatic heterocycles. The SMILES string of the molecule is Cc1ccc(Cl)cc1NC(=O)C[C@H]1C(=O)NCCN1C(=O)c1ccc(F)cc1. The van der Waals surface area contributed by atoms with Crippen molar-refractivity contribution in [2.75, 3.05) is 18.4 Å². The zero-order valence-corrected chi connectivity index (χ0v) is 15.9. The fourth-order valence-electron chi connectivity index (χ4n) is 3.02. The molecule has 2 aromatic carbocycles. The number of rotatable bonds is 4. The van der Waals surface area contributed by atoms with Crippen molar-refractivity contribution >= 4 is 35.0 Å². The zero-order valence-electron chi connectivity index (χ0n) is 15.2. The Labute approximate surface area is 166 Å². The van der Waals surface area contributed by atoms with Crippen LogP contribution in [0.15, 0.2) is 42.5 Å².